The monoisotopic (exact) mass is 292 g/mol. The molecule has 0 amide bonds. The molecule has 0 unspecified atom stereocenters. The van der Waals surface area contributed by atoms with E-state index in [4.69, 9.17) is 16.3 Å². The minimum Gasteiger partial charge on any atom is -0.488 e. The molecule has 102 valence electrons. The van der Waals surface area contributed by atoms with Crippen LogP contribution in [0.5, 0.6) is 5.75 Å². The predicted octanol–water partition coefficient (Wildman–Crippen LogP) is 4.13. The van der Waals surface area contributed by atoms with Crippen molar-refractivity contribution in [1.29, 1.82) is 0 Å². The van der Waals surface area contributed by atoms with Crippen molar-refractivity contribution in [3.63, 3.8) is 0 Å². The molecule has 0 radical (unpaired) electrons. The Hall–Kier alpha value is -2.05. The third-order valence-corrected chi connectivity index (χ3v) is 2.65. The molecule has 0 fully saturated rings. The van der Waals surface area contributed by atoms with E-state index in [0.717, 1.165) is 0 Å². The second-order valence-electron chi connectivity index (χ2n) is 3.99. The molecule has 0 saturated carbocycles. The van der Waals surface area contributed by atoms with Gasteiger partial charge in [-0.1, -0.05) is 24.0 Å². The summed E-state index contributed by atoms with van der Waals surface area (Å²) in [5, 5.41) is 0. The van der Waals surface area contributed by atoms with Crippen LogP contribution in [0, 0.1) is 23.5 Å². The molecule has 0 atom stereocenters. The Kier molecular flexibility index (Phi) is 4.97. The molecule has 0 aromatic heterocycles. The van der Waals surface area contributed by atoms with Crippen LogP contribution in [0.25, 0.3) is 0 Å². The van der Waals surface area contributed by atoms with Gasteiger partial charge in [0.25, 0.3) is 0 Å². The summed E-state index contributed by atoms with van der Waals surface area (Å²) in [5.74, 6) is 5.24. The summed E-state index contributed by atoms with van der Waals surface area (Å²) in [6, 6.07) is 10.1. The molecule has 0 bridgehead atoms. The van der Waals surface area contributed by atoms with E-state index in [-0.39, 0.29) is 18.3 Å². The van der Waals surface area contributed by atoms with Gasteiger partial charge < -0.3 is 4.74 Å². The molecule has 0 saturated heterocycles. The summed E-state index contributed by atoms with van der Waals surface area (Å²) in [4.78, 5) is 0. The number of rotatable bonds is 3. The Morgan fingerprint density at radius 3 is 2.60 bits per heavy atom. The van der Waals surface area contributed by atoms with Crippen molar-refractivity contribution in [2.45, 2.75) is 6.61 Å². The fourth-order valence-electron chi connectivity index (χ4n) is 1.64. The van der Waals surface area contributed by atoms with Crippen molar-refractivity contribution >= 4 is 11.6 Å². The van der Waals surface area contributed by atoms with Crippen molar-refractivity contribution in [2.24, 2.45) is 0 Å². The van der Waals surface area contributed by atoms with E-state index < -0.39 is 5.82 Å². The van der Waals surface area contributed by atoms with Gasteiger partial charge in [0, 0.05) is 0 Å². The van der Waals surface area contributed by atoms with E-state index in [1.165, 1.54) is 30.3 Å². The smallest absolute Gasteiger partial charge is 0.135 e. The van der Waals surface area contributed by atoms with Crippen LogP contribution in [0.15, 0.2) is 42.5 Å². The SMILES string of the molecule is Fc1cccc(COc2ccc(F)cc2C#CCCl)c1. The van der Waals surface area contributed by atoms with E-state index in [0.29, 0.717) is 16.9 Å². The maximum atomic E-state index is 13.2. The summed E-state index contributed by atoms with van der Waals surface area (Å²) in [7, 11) is 0. The van der Waals surface area contributed by atoms with Crippen molar-refractivity contribution < 1.29 is 13.5 Å². The van der Waals surface area contributed by atoms with Crippen LogP contribution in [0.4, 0.5) is 8.78 Å². The van der Waals surface area contributed by atoms with E-state index in [1.807, 2.05) is 0 Å². The molecule has 0 aliphatic rings. The average Bonchev–Trinajstić information content (AvgIpc) is 2.44. The first-order chi connectivity index (χ1) is 9.69. The van der Waals surface area contributed by atoms with E-state index in [9.17, 15) is 8.78 Å². The molecule has 0 aliphatic carbocycles. The van der Waals surface area contributed by atoms with E-state index in [2.05, 4.69) is 11.8 Å². The van der Waals surface area contributed by atoms with Gasteiger partial charge >= 0.3 is 0 Å². The molecule has 2 aromatic rings. The first kappa shape index (κ1) is 14.4. The van der Waals surface area contributed by atoms with Crippen molar-refractivity contribution in [2.75, 3.05) is 5.88 Å². The second-order valence-corrected chi connectivity index (χ2v) is 4.26. The molecule has 4 heteroatoms. The first-order valence-electron chi connectivity index (χ1n) is 5.90. The zero-order valence-electron chi connectivity index (χ0n) is 10.5. The summed E-state index contributed by atoms with van der Waals surface area (Å²) in [5.41, 5.74) is 1.10. The van der Waals surface area contributed by atoms with Crippen LogP contribution in [0.3, 0.4) is 0 Å². The normalized spacial score (nSPS) is 9.75. The van der Waals surface area contributed by atoms with Gasteiger partial charge in [0.2, 0.25) is 0 Å². The van der Waals surface area contributed by atoms with Gasteiger partial charge in [0.05, 0.1) is 11.4 Å². The lowest BCUT2D eigenvalue weighted by molar-refractivity contribution is 0.304. The topological polar surface area (TPSA) is 9.23 Å². The predicted molar refractivity (Wildman–Crippen MR) is 74.7 cm³/mol. The summed E-state index contributed by atoms with van der Waals surface area (Å²) >= 11 is 5.48. The fourth-order valence-corrected chi connectivity index (χ4v) is 1.71. The third kappa shape index (κ3) is 3.97. The second kappa shape index (κ2) is 6.93. The fraction of sp³-hybridized carbons (Fsp3) is 0.125. The highest BCUT2D eigenvalue weighted by Gasteiger charge is 2.04. The van der Waals surface area contributed by atoms with Gasteiger partial charge in [-0.25, -0.2) is 8.78 Å². The number of hydrogen-bond acceptors (Lipinski definition) is 1. The molecule has 0 aliphatic heterocycles. The van der Waals surface area contributed by atoms with Crippen molar-refractivity contribution in [3.8, 4) is 17.6 Å². The summed E-state index contributed by atoms with van der Waals surface area (Å²) < 4.78 is 31.8. The summed E-state index contributed by atoms with van der Waals surface area (Å²) in [6.07, 6.45) is 0. The lowest BCUT2D eigenvalue weighted by Gasteiger charge is -2.08. The van der Waals surface area contributed by atoms with Crippen LogP contribution in [0.1, 0.15) is 11.1 Å². The largest absolute Gasteiger partial charge is 0.488 e. The van der Waals surface area contributed by atoms with Gasteiger partial charge in [0.15, 0.2) is 0 Å². The van der Waals surface area contributed by atoms with Crippen LogP contribution in [-0.4, -0.2) is 5.88 Å². The van der Waals surface area contributed by atoms with E-state index in [1.54, 1.807) is 12.1 Å². The zero-order chi connectivity index (χ0) is 14.4. The Bertz CT molecular complexity index is 659. The molecule has 2 rings (SSSR count). The minimum absolute atomic E-state index is 0.153. The standard InChI is InChI=1S/C16H11ClF2O/c17-8-2-4-13-10-15(19)6-7-16(13)20-11-12-3-1-5-14(18)9-12/h1,3,5-7,9-10H,8,11H2. The van der Waals surface area contributed by atoms with Gasteiger partial charge in [-0.15, -0.1) is 11.6 Å². The van der Waals surface area contributed by atoms with Crippen LogP contribution in [-0.2, 0) is 6.61 Å². The zero-order valence-corrected chi connectivity index (χ0v) is 11.3. The van der Waals surface area contributed by atoms with Crippen LogP contribution >= 0.6 is 11.6 Å². The molecule has 1 nitrogen and oxygen atoms in total. The highest BCUT2D eigenvalue weighted by molar-refractivity contribution is 6.19. The Morgan fingerprint density at radius 2 is 1.85 bits per heavy atom. The maximum absolute atomic E-state index is 13.2. The molecule has 2 aromatic carbocycles. The van der Waals surface area contributed by atoms with Gasteiger partial charge in [-0.2, -0.15) is 0 Å². The van der Waals surface area contributed by atoms with Gasteiger partial charge in [-0.05, 0) is 35.9 Å². The van der Waals surface area contributed by atoms with Crippen molar-refractivity contribution in [1.82, 2.24) is 0 Å². The minimum atomic E-state index is -0.401. The number of benzene rings is 2. The number of alkyl halides is 1. The average molecular weight is 293 g/mol. The lowest BCUT2D eigenvalue weighted by atomic mass is 10.2. The van der Waals surface area contributed by atoms with Crippen LogP contribution in [0.2, 0.25) is 0 Å². The highest BCUT2D eigenvalue weighted by atomic mass is 35.5. The van der Waals surface area contributed by atoms with Gasteiger partial charge in [-0.3, -0.25) is 0 Å². The molecule has 0 heterocycles. The summed E-state index contributed by atoms with van der Waals surface area (Å²) in [6.45, 7) is 0.180. The lowest BCUT2D eigenvalue weighted by Crippen LogP contribution is -1.98. The molecule has 0 spiro atoms. The highest BCUT2D eigenvalue weighted by Crippen LogP contribution is 2.20. The van der Waals surface area contributed by atoms with Crippen molar-refractivity contribution in [3.05, 3.63) is 65.2 Å². The Balaban J connectivity index is 2.16. The number of ether oxygens (including phenoxy) is 1. The van der Waals surface area contributed by atoms with Crippen LogP contribution < -0.4 is 4.74 Å². The molecule has 20 heavy (non-hydrogen) atoms. The molecular formula is C16H11ClF2O. The first-order valence-corrected chi connectivity index (χ1v) is 6.44. The van der Waals surface area contributed by atoms with Gasteiger partial charge in [0.1, 0.15) is 24.0 Å². The molecule has 0 N–H and O–H groups in total. The molecular weight excluding hydrogens is 282 g/mol. The van der Waals surface area contributed by atoms with E-state index >= 15 is 0 Å². The number of hydrogen-bond donors (Lipinski definition) is 0. The quantitative estimate of drug-likeness (QED) is 0.610. The third-order valence-electron chi connectivity index (χ3n) is 2.51. The Morgan fingerprint density at radius 1 is 1.05 bits per heavy atom. The number of halogens is 3. The maximum Gasteiger partial charge on any atom is 0.135 e. The Labute approximate surface area is 121 Å².